The Morgan fingerprint density at radius 1 is 1.43 bits per heavy atom. The first-order valence-corrected chi connectivity index (χ1v) is 5.14. The minimum Gasteiger partial charge on any atom is -0.467 e. The zero-order chi connectivity index (χ0) is 11.0. The van der Waals surface area contributed by atoms with Gasteiger partial charge in [-0.05, 0) is 32.6 Å². The maximum atomic E-state index is 11.4. The van der Waals surface area contributed by atoms with Gasteiger partial charge in [-0.2, -0.15) is 0 Å². The van der Waals surface area contributed by atoms with Crippen LogP contribution in [0.3, 0.4) is 0 Å². The Kier molecular flexibility index (Phi) is 2.91. The van der Waals surface area contributed by atoms with Crippen molar-refractivity contribution in [3.05, 3.63) is 0 Å². The molecule has 0 aromatic rings. The molecule has 0 bridgehead atoms. The molecule has 1 heterocycles. The Morgan fingerprint density at radius 3 is 2.43 bits per heavy atom. The molecule has 1 saturated heterocycles. The molecule has 0 amide bonds. The lowest BCUT2D eigenvalue weighted by Crippen LogP contribution is -2.30. The summed E-state index contributed by atoms with van der Waals surface area (Å²) in [5, 5.41) is 0. The van der Waals surface area contributed by atoms with Crippen molar-refractivity contribution in [1.29, 1.82) is 0 Å². The SMILES string of the molecule is COC(=O)C1(C)OC1(C)CCC(C)C. The Hall–Kier alpha value is -0.570. The van der Waals surface area contributed by atoms with Crippen molar-refractivity contribution >= 4 is 5.97 Å². The van der Waals surface area contributed by atoms with Gasteiger partial charge in [0.1, 0.15) is 5.60 Å². The van der Waals surface area contributed by atoms with E-state index >= 15 is 0 Å². The zero-order valence-corrected chi connectivity index (χ0v) is 9.72. The molecule has 14 heavy (non-hydrogen) atoms. The number of rotatable bonds is 4. The molecule has 0 N–H and O–H groups in total. The molecule has 3 heteroatoms. The number of esters is 1. The summed E-state index contributed by atoms with van der Waals surface area (Å²) < 4.78 is 10.2. The second kappa shape index (κ2) is 3.54. The minimum absolute atomic E-state index is 0.260. The fourth-order valence-corrected chi connectivity index (χ4v) is 1.73. The quantitative estimate of drug-likeness (QED) is 0.515. The van der Waals surface area contributed by atoms with Crippen LogP contribution in [0.4, 0.5) is 0 Å². The molecular weight excluding hydrogens is 180 g/mol. The predicted octanol–water partition coefficient (Wildman–Crippen LogP) is 2.14. The third kappa shape index (κ3) is 1.78. The monoisotopic (exact) mass is 200 g/mol. The summed E-state index contributed by atoms with van der Waals surface area (Å²) >= 11 is 0. The average Bonchev–Trinajstić information content (AvgIpc) is 2.67. The van der Waals surface area contributed by atoms with Crippen LogP contribution in [0.2, 0.25) is 0 Å². The summed E-state index contributed by atoms with van der Waals surface area (Å²) in [7, 11) is 1.40. The first-order chi connectivity index (χ1) is 6.35. The van der Waals surface area contributed by atoms with Crippen LogP contribution in [-0.4, -0.2) is 24.3 Å². The van der Waals surface area contributed by atoms with Crippen molar-refractivity contribution in [3.63, 3.8) is 0 Å². The molecular formula is C11H20O3. The summed E-state index contributed by atoms with van der Waals surface area (Å²) in [6, 6.07) is 0. The fraction of sp³-hybridized carbons (Fsp3) is 0.909. The molecule has 2 atom stereocenters. The Morgan fingerprint density at radius 2 is 2.00 bits per heavy atom. The summed E-state index contributed by atoms with van der Waals surface area (Å²) in [6.45, 7) is 8.12. The topological polar surface area (TPSA) is 38.8 Å². The van der Waals surface area contributed by atoms with Gasteiger partial charge >= 0.3 is 5.97 Å². The number of hydrogen-bond acceptors (Lipinski definition) is 3. The maximum Gasteiger partial charge on any atom is 0.340 e. The van der Waals surface area contributed by atoms with Gasteiger partial charge in [0.15, 0.2) is 5.60 Å². The molecule has 0 spiro atoms. The first-order valence-electron chi connectivity index (χ1n) is 5.14. The number of epoxide rings is 1. The predicted molar refractivity (Wildman–Crippen MR) is 54.0 cm³/mol. The van der Waals surface area contributed by atoms with E-state index in [4.69, 9.17) is 9.47 Å². The standard InChI is InChI=1S/C11H20O3/c1-8(2)6-7-10(3)11(4,14-10)9(12)13-5/h8H,6-7H2,1-5H3. The van der Waals surface area contributed by atoms with E-state index in [1.807, 2.05) is 6.92 Å². The Labute approximate surface area is 85.8 Å². The summed E-state index contributed by atoms with van der Waals surface area (Å²) in [6.07, 6.45) is 1.99. The lowest BCUT2D eigenvalue weighted by Gasteiger charge is -2.11. The molecule has 0 aliphatic carbocycles. The highest BCUT2D eigenvalue weighted by molar-refractivity contribution is 5.84. The van der Waals surface area contributed by atoms with Crippen LogP contribution >= 0.6 is 0 Å². The van der Waals surface area contributed by atoms with Crippen LogP contribution in [-0.2, 0) is 14.3 Å². The molecule has 2 unspecified atom stereocenters. The third-order valence-electron chi connectivity index (χ3n) is 3.17. The van der Waals surface area contributed by atoms with E-state index in [1.54, 1.807) is 6.92 Å². The van der Waals surface area contributed by atoms with Gasteiger partial charge in [0.05, 0.1) is 7.11 Å². The molecule has 0 saturated carbocycles. The fourth-order valence-electron chi connectivity index (χ4n) is 1.73. The molecule has 0 radical (unpaired) electrons. The van der Waals surface area contributed by atoms with Crippen molar-refractivity contribution in [2.45, 2.75) is 51.7 Å². The molecule has 1 fully saturated rings. The van der Waals surface area contributed by atoms with Crippen LogP contribution in [0.1, 0.15) is 40.5 Å². The van der Waals surface area contributed by atoms with Crippen molar-refractivity contribution in [2.75, 3.05) is 7.11 Å². The second-order valence-corrected chi connectivity index (χ2v) is 4.79. The summed E-state index contributed by atoms with van der Waals surface area (Å²) in [4.78, 5) is 11.4. The van der Waals surface area contributed by atoms with E-state index in [0.29, 0.717) is 5.92 Å². The number of ether oxygens (including phenoxy) is 2. The van der Waals surface area contributed by atoms with Gasteiger partial charge in [0, 0.05) is 0 Å². The van der Waals surface area contributed by atoms with Crippen LogP contribution in [0.5, 0.6) is 0 Å². The molecule has 1 rings (SSSR count). The third-order valence-corrected chi connectivity index (χ3v) is 3.17. The highest BCUT2D eigenvalue weighted by Gasteiger charge is 2.68. The number of carbonyl (C=O) groups is 1. The van der Waals surface area contributed by atoms with Crippen molar-refractivity contribution in [1.82, 2.24) is 0 Å². The number of hydrogen-bond donors (Lipinski definition) is 0. The average molecular weight is 200 g/mol. The Bertz CT molecular complexity index is 237. The largest absolute Gasteiger partial charge is 0.467 e. The molecule has 1 aliphatic rings. The van der Waals surface area contributed by atoms with E-state index in [9.17, 15) is 4.79 Å². The minimum atomic E-state index is -0.712. The van der Waals surface area contributed by atoms with Gasteiger partial charge in [-0.3, -0.25) is 0 Å². The van der Waals surface area contributed by atoms with Crippen LogP contribution in [0.15, 0.2) is 0 Å². The molecule has 0 aromatic heterocycles. The number of methoxy groups -OCH3 is 1. The van der Waals surface area contributed by atoms with E-state index in [0.717, 1.165) is 12.8 Å². The second-order valence-electron chi connectivity index (χ2n) is 4.79. The lowest BCUT2D eigenvalue weighted by molar-refractivity contribution is -0.146. The maximum absolute atomic E-state index is 11.4. The van der Waals surface area contributed by atoms with Gasteiger partial charge in [0.25, 0.3) is 0 Å². The van der Waals surface area contributed by atoms with Crippen LogP contribution in [0.25, 0.3) is 0 Å². The summed E-state index contributed by atoms with van der Waals surface area (Å²) in [5.41, 5.74) is -1.03. The molecule has 82 valence electrons. The summed E-state index contributed by atoms with van der Waals surface area (Å²) in [5.74, 6) is 0.377. The van der Waals surface area contributed by atoms with Gasteiger partial charge in [-0.25, -0.2) is 4.79 Å². The molecule has 0 aromatic carbocycles. The molecule has 1 aliphatic heterocycles. The van der Waals surface area contributed by atoms with Gasteiger partial charge in [-0.15, -0.1) is 0 Å². The Balaban J connectivity index is 2.52. The van der Waals surface area contributed by atoms with Crippen molar-refractivity contribution in [3.8, 4) is 0 Å². The normalized spacial score (nSPS) is 35.9. The highest BCUT2D eigenvalue weighted by atomic mass is 16.7. The number of carbonyl (C=O) groups excluding carboxylic acids is 1. The lowest BCUT2D eigenvalue weighted by atomic mass is 9.89. The highest BCUT2D eigenvalue weighted by Crippen LogP contribution is 2.51. The van der Waals surface area contributed by atoms with E-state index in [1.165, 1.54) is 7.11 Å². The first kappa shape index (κ1) is 11.5. The van der Waals surface area contributed by atoms with E-state index in [2.05, 4.69) is 13.8 Å². The van der Waals surface area contributed by atoms with E-state index < -0.39 is 5.60 Å². The van der Waals surface area contributed by atoms with Gasteiger partial charge in [0.2, 0.25) is 0 Å². The van der Waals surface area contributed by atoms with Crippen LogP contribution in [0, 0.1) is 5.92 Å². The van der Waals surface area contributed by atoms with Gasteiger partial charge in [-0.1, -0.05) is 13.8 Å². The molecule has 3 nitrogen and oxygen atoms in total. The smallest absolute Gasteiger partial charge is 0.340 e. The zero-order valence-electron chi connectivity index (χ0n) is 9.72. The van der Waals surface area contributed by atoms with Crippen LogP contribution < -0.4 is 0 Å². The van der Waals surface area contributed by atoms with Crippen molar-refractivity contribution in [2.24, 2.45) is 5.92 Å². The van der Waals surface area contributed by atoms with Gasteiger partial charge < -0.3 is 9.47 Å². The van der Waals surface area contributed by atoms with Crippen molar-refractivity contribution < 1.29 is 14.3 Å². The van der Waals surface area contributed by atoms with E-state index in [-0.39, 0.29) is 11.6 Å².